The van der Waals surface area contributed by atoms with Crippen LogP contribution in [0.1, 0.15) is 63.7 Å². The van der Waals surface area contributed by atoms with Crippen LogP contribution in [0.25, 0.3) is 0 Å². The van der Waals surface area contributed by atoms with E-state index < -0.39 is 61.2 Å². The second-order valence-corrected chi connectivity index (χ2v) is 11.7. The van der Waals surface area contributed by atoms with Crippen LogP contribution in [0, 0.1) is 27.7 Å². The van der Waals surface area contributed by atoms with Gasteiger partial charge in [-0.05, 0) is 76.2 Å². The molecule has 1 fully saturated rings. The van der Waals surface area contributed by atoms with E-state index in [4.69, 9.17) is 23.7 Å². The number of rotatable bonds is 9. The van der Waals surface area contributed by atoms with Gasteiger partial charge in [0.25, 0.3) is 0 Å². The molecule has 4 aromatic rings. The van der Waals surface area contributed by atoms with Crippen molar-refractivity contribution in [2.24, 2.45) is 0 Å². The highest BCUT2D eigenvalue weighted by molar-refractivity contribution is 5.91. The summed E-state index contributed by atoms with van der Waals surface area (Å²) in [7, 11) is 0. The van der Waals surface area contributed by atoms with Crippen molar-refractivity contribution in [3.8, 4) is 0 Å². The molecule has 4 aromatic carbocycles. The number of carbonyl (C=O) groups excluding carboxylic acids is 4. The molecule has 0 spiro atoms. The fourth-order valence-electron chi connectivity index (χ4n) is 5.01. The average molecular weight is 653 g/mol. The second kappa shape index (κ2) is 15.1. The number of hydrogen-bond acceptors (Lipinski definition) is 10. The largest absolute Gasteiger partial charge is 0.459 e. The Morgan fingerprint density at radius 3 is 1.19 bits per heavy atom. The zero-order valence-corrected chi connectivity index (χ0v) is 27.0. The number of hydrogen-bond donors (Lipinski definition) is 1. The summed E-state index contributed by atoms with van der Waals surface area (Å²) in [5, 5.41) is 11.2. The van der Waals surface area contributed by atoms with Gasteiger partial charge >= 0.3 is 23.9 Å². The highest BCUT2D eigenvalue weighted by Gasteiger charge is 2.52. The van der Waals surface area contributed by atoms with E-state index in [0.717, 1.165) is 22.3 Å². The van der Waals surface area contributed by atoms with Gasteiger partial charge in [-0.25, -0.2) is 19.2 Å². The molecule has 0 bridgehead atoms. The number of aliphatic hydroxyl groups excluding tert-OH is 1. The molecule has 1 saturated heterocycles. The number of ether oxygens (including phenoxy) is 5. The number of aryl methyl sites for hydroxylation is 4. The van der Waals surface area contributed by atoms with Gasteiger partial charge in [0, 0.05) is 0 Å². The lowest BCUT2D eigenvalue weighted by molar-refractivity contribution is -0.284. The molecule has 10 nitrogen and oxygen atoms in total. The molecular formula is C38H36O10. The minimum absolute atomic E-state index is 0.163. The van der Waals surface area contributed by atoms with Crippen molar-refractivity contribution in [2.45, 2.75) is 58.4 Å². The summed E-state index contributed by atoms with van der Waals surface area (Å²) in [5.74, 6) is -3.18. The van der Waals surface area contributed by atoms with Gasteiger partial charge in [-0.15, -0.1) is 0 Å². The minimum atomic E-state index is -1.87. The second-order valence-electron chi connectivity index (χ2n) is 11.7. The summed E-state index contributed by atoms with van der Waals surface area (Å²) < 4.78 is 28.8. The molecule has 0 unspecified atom stereocenters. The molecule has 0 amide bonds. The zero-order valence-electron chi connectivity index (χ0n) is 27.0. The van der Waals surface area contributed by atoms with Crippen molar-refractivity contribution in [3.63, 3.8) is 0 Å². The predicted molar refractivity (Wildman–Crippen MR) is 173 cm³/mol. The SMILES string of the molecule is Cc1ccc(C(=O)OC[C@H]2O[C@@H](O)[C@H](OC(=O)c3ccc(C)cc3)[C@@H](OC(=O)c3ccc(C)cc3)[C@@H]2OC(=O)c2ccc(C)cc2)cc1. The molecule has 48 heavy (non-hydrogen) atoms. The summed E-state index contributed by atoms with van der Waals surface area (Å²) in [4.78, 5) is 53.1. The molecule has 0 radical (unpaired) electrons. The highest BCUT2D eigenvalue weighted by Crippen LogP contribution is 2.30. The Labute approximate surface area is 278 Å². The number of aliphatic hydroxyl groups is 1. The van der Waals surface area contributed by atoms with E-state index in [-0.39, 0.29) is 22.3 Å². The maximum atomic E-state index is 13.5. The van der Waals surface area contributed by atoms with Crippen LogP contribution >= 0.6 is 0 Å². The van der Waals surface area contributed by atoms with E-state index in [0.29, 0.717) is 0 Å². The summed E-state index contributed by atoms with van der Waals surface area (Å²) >= 11 is 0. The van der Waals surface area contributed by atoms with E-state index in [1.807, 2.05) is 27.7 Å². The van der Waals surface area contributed by atoms with Gasteiger partial charge in [0.05, 0.1) is 22.3 Å². The van der Waals surface area contributed by atoms with Crippen molar-refractivity contribution in [2.75, 3.05) is 6.61 Å². The van der Waals surface area contributed by atoms with Gasteiger partial charge in [0.1, 0.15) is 12.7 Å². The van der Waals surface area contributed by atoms with Gasteiger partial charge in [0.15, 0.2) is 24.6 Å². The quantitative estimate of drug-likeness (QED) is 0.183. The van der Waals surface area contributed by atoms with E-state index in [9.17, 15) is 24.3 Å². The molecule has 0 saturated carbocycles. The minimum Gasteiger partial charge on any atom is -0.459 e. The monoisotopic (exact) mass is 652 g/mol. The Morgan fingerprint density at radius 1 is 0.500 bits per heavy atom. The van der Waals surface area contributed by atoms with Gasteiger partial charge < -0.3 is 28.8 Å². The molecule has 5 atom stereocenters. The highest BCUT2D eigenvalue weighted by atomic mass is 16.7. The van der Waals surface area contributed by atoms with Crippen LogP contribution < -0.4 is 0 Å². The number of benzene rings is 4. The number of carbonyl (C=O) groups is 4. The van der Waals surface area contributed by atoms with Crippen molar-refractivity contribution in [1.82, 2.24) is 0 Å². The normalized spacial score (nSPS) is 20.3. The molecule has 1 heterocycles. The summed E-state index contributed by atoms with van der Waals surface area (Å²) in [6, 6.07) is 26.3. The zero-order chi connectivity index (χ0) is 34.4. The van der Waals surface area contributed by atoms with Crippen LogP contribution in [-0.4, -0.2) is 66.3 Å². The van der Waals surface area contributed by atoms with E-state index in [2.05, 4.69) is 0 Å². The maximum absolute atomic E-state index is 13.5. The summed E-state index contributed by atoms with van der Waals surface area (Å²) in [6.07, 6.45) is -7.94. The molecule has 1 aliphatic rings. The fraction of sp³-hybridized carbons (Fsp3) is 0.263. The first-order valence-electron chi connectivity index (χ1n) is 15.4. The van der Waals surface area contributed by atoms with Gasteiger partial charge in [-0.2, -0.15) is 0 Å². The van der Waals surface area contributed by atoms with Crippen LogP contribution in [0.3, 0.4) is 0 Å². The molecule has 0 aromatic heterocycles. The lowest BCUT2D eigenvalue weighted by atomic mass is 9.97. The molecule has 5 rings (SSSR count). The third-order valence-corrected chi connectivity index (χ3v) is 7.87. The lowest BCUT2D eigenvalue weighted by Crippen LogP contribution is -2.62. The van der Waals surface area contributed by atoms with Gasteiger partial charge in [-0.3, -0.25) is 0 Å². The predicted octanol–water partition coefficient (Wildman–Crippen LogP) is 5.47. The molecule has 10 heteroatoms. The van der Waals surface area contributed by atoms with Crippen LogP contribution in [0.5, 0.6) is 0 Å². The molecular weight excluding hydrogens is 616 g/mol. The van der Waals surface area contributed by atoms with Crippen molar-refractivity contribution >= 4 is 23.9 Å². The van der Waals surface area contributed by atoms with Crippen LogP contribution in [0.4, 0.5) is 0 Å². The third kappa shape index (κ3) is 8.33. The van der Waals surface area contributed by atoms with Crippen LogP contribution in [0.15, 0.2) is 97.1 Å². The van der Waals surface area contributed by atoms with Crippen LogP contribution in [-0.2, 0) is 23.7 Å². The first kappa shape index (κ1) is 34.0. The van der Waals surface area contributed by atoms with Crippen LogP contribution in [0.2, 0.25) is 0 Å². The molecule has 0 aliphatic carbocycles. The lowest BCUT2D eigenvalue weighted by Gasteiger charge is -2.42. The molecule has 248 valence electrons. The van der Waals surface area contributed by atoms with E-state index in [1.54, 1.807) is 97.1 Å². The Hall–Kier alpha value is -5.32. The van der Waals surface area contributed by atoms with Gasteiger partial charge in [0.2, 0.25) is 0 Å². The fourth-order valence-corrected chi connectivity index (χ4v) is 5.01. The first-order valence-corrected chi connectivity index (χ1v) is 15.4. The molecule has 1 aliphatic heterocycles. The topological polar surface area (TPSA) is 135 Å². The van der Waals surface area contributed by atoms with E-state index in [1.165, 1.54) is 0 Å². The number of esters is 4. The standard InChI is InChI=1S/C38H36O10/c1-22-5-13-26(14-6-22)34(39)44-21-30-31(46-35(40)27-15-7-23(2)8-16-27)32(47-36(41)28-17-9-24(3)10-18-28)33(38(43)45-30)48-37(42)29-19-11-25(4)12-20-29/h5-20,30-33,38,43H,21H2,1-4H3/t30-,31-,32+,33-,38-/m1/s1. The third-order valence-electron chi connectivity index (χ3n) is 7.87. The first-order chi connectivity index (χ1) is 23.0. The molecule has 1 N–H and O–H groups in total. The Kier molecular flexibility index (Phi) is 10.7. The van der Waals surface area contributed by atoms with Crippen molar-refractivity contribution in [1.29, 1.82) is 0 Å². The summed E-state index contributed by atoms with van der Waals surface area (Å²) in [5.41, 5.74) is 4.43. The average Bonchev–Trinajstić information content (AvgIpc) is 3.07. The van der Waals surface area contributed by atoms with Gasteiger partial charge in [-0.1, -0.05) is 70.8 Å². The summed E-state index contributed by atoms with van der Waals surface area (Å²) in [6.45, 7) is 6.94. The van der Waals surface area contributed by atoms with Crippen molar-refractivity contribution in [3.05, 3.63) is 142 Å². The Bertz CT molecular complexity index is 1750. The van der Waals surface area contributed by atoms with E-state index >= 15 is 0 Å². The smallest absolute Gasteiger partial charge is 0.338 e. The van der Waals surface area contributed by atoms with Crippen molar-refractivity contribution < 1.29 is 48.0 Å². The maximum Gasteiger partial charge on any atom is 0.338 e. The Balaban J connectivity index is 1.49. The Morgan fingerprint density at radius 2 is 0.812 bits per heavy atom.